The van der Waals surface area contributed by atoms with Gasteiger partial charge in [0.15, 0.2) is 0 Å². The maximum atomic E-state index is 12.1. The van der Waals surface area contributed by atoms with Gasteiger partial charge in [-0.15, -0.1) is 11.3 Å². The molecule has 0 atom stereocenters. The molecule has 3 aliphatic rings. The summed E-state index contributed by atoms with van der Waals surface area (Å²) in [4.78, 5) is 16.0. The second-order valence-electron chi connectivity index (χ2n) is 8.91. The standard InChI is InChI=1S/C25H34N2O2S/c1-2-27-15-12-21(23(17-27)19-10-13-26-14-11-19)22-16-20(30-24(22)25(28)29)9-8-18-6-4-3-5-7-18/h16,18-19,26H,2-7,10-15,17H2,1H3,(H,28,29). The molecule has 30 heavy (non-hydrogen) atoms. The topological polar surface area (TPSA) is 52.6 Å². The van der Waals surface area contributed by atoms with E-state index in [4.69, 9.17) is 0 Å². The average Bonchev–Trinajstić information content (AvgIpc) is 3.23. The summed E-state index contributed by atoms with van der Waals surface area (Å²) in [5, 5.41) is 13.4. The van der Waals surface area contributed by atoms with Gasteiger partial charge >= 0.3 is 5.97 Å². The lowest BCUT2D eigenvalue weighted by molar-refractivity contribution is 0.0702. The number of nitrogens with zero attached hydrogens (tertiary/aromatic N) is 1. The van der Waals surface area contributed by atoms with Gasteiger partial charge in [0, 0.05) is 24.6 Å². The Kier molecular flexibility index (Phi) is 7.30. The highest BCUT2D eigenvalue weighted by Gasteiger charge is 2.29. The molecular formula is C25H34N2O2S. The van der Waals surface area contributed by atoms with E-state index in [1.165, 1.54) is 54.6 Å². The molecule has 0 spiro atoms. The Morgan fingerprint density at radius 2 is 2.00 bits per heavy atom. The van der Waals surface area contributed by atoms with E-state index in [0.717, 1.165) is 62.4 Å². The fourth-order valence-corrected chi connectivity index (χ4v) is 6.11. The van der Waals surface area contributed by atoms with Crippen molar-refractivity contribution >= 4 is 22.9 Å². The molecule has 1 saturated heterocycles. The van der Waals surface area contributed by atoms with E-state index in [-0.39, 0.29) is 0 Å². The zero-order chi connectivity index (χ0) is 20.9. The third-order valence-corrected chi connectivity index (χ3v) is 8.03. The van der Waals surface area contributed by atoms with Crippen LogP contribution >= 0.6 is 11.3 Å². The van der Waals surface area contributed by atoms with Crippen molar-refractivity contribution in [3.8, 4) is 11.8 Å². The lowest BCUT2D eigenvalue weighted by Crippen LogP contribution is -2.37. The molecule has 0 bridgehead atoms. The normalized spacial score (nSPS) is 22.0. The van der Waals surface area contributed by atoms with Gasteiger partial charge in [0.2, 0.25) is 0 Å². The van der Waals surface area contributed by atoms with E-state index >= 15 is 0 Å². The van der Waals surface area contributed by atoms with Crippen molar-refractivity contribution in [2.45, 2.75) is 58.3 Å². The largest absolute Gasteiger partial charge is 0.477 e. The summed E-state index contributed by atoms with van der Waals surface area (Å²) in [6.45, 7) is 7.38. The van der Waals surface area contributed by atoms with Crippen LogP contribution in [-0.4, -0.2) is 48.7 Å². The molecule has 0 aromatic carbocycles. The Morgan fingerprint density at radius 3 is 2.70 bits per heavy atom. The molecule has 0 radical (unpaired) electrons. The first-order valence-corrected chi connectivity index (χ1v) is 12.5. The Balaban J connectivity index is 1.68. The molecule has 4 rings (SSSR count). The number of hydrogen-bond acceptors (Lipinski definition) is 4. The summed E-state index contributed by atoms with van der Waals surface area (Å²) in [7, 11) is 0. The zero-order valence-electron chi connectivity index (χ0n) is 18.1. The van der Waals surface area contributed by atoms with Crippen LogP contribution in [0.5, 0.6) is 0 Å². The predicted octanol–water partition coefficient (Wildman–Crippen LogP) is 4.86. The van der Waals surface area contributed by atoms with Crippen molar-refractivity contribution in [2.75, 3.05) is 32.7 Å². The van der Waals surface area contributed by atoms with Gasteiger partial charge in [-0.3, -0.25) is 4.90 Å². The Bertz CT molecular complexity index is 848. The highest BCUT2D eigenvalue weighted by molar-refractivity contribution is 7.14. The first-order chi connectivity index (χ1) is 14.7. The van der Waals surface area contributed by atoms with E-state index in [9.17, 15) is 9.90 Å². The maximum absolute atomic E-state index is 12.1. The van der Waals surface area contributed by atoms with Crippen molar-refractivity contribution in [2.24, 2.45) is 11.8 Å². The molecule has 1 aromatic heterocycles. The summed E-state index contributed by atoms with van der Waals surface area (Å²) in [5.74, 6) is 7.03. The minimum absolute atomic E-state index is 0.481. The molecule has 162 valence electrons. The summed E-state index contributed by atoms with van der Waals surface area (Å²) < 4.78 is 0. The number of aromatic carboxylic acids is 1. The molecule has 2 aliphatic heterocycles. The minimum atomic E-state index is -0.809. The molecule has 4 nitrogen and oxygen atoms in total. The number of carboxylic acids is 1. The smallest absolute Gasteiger partial charge is 0.346 e. The van der Waals surface area contributed by atoms with E-state index in [1.807, 2.05) is 0 Å². The maximum Gasteiger partial charge on any atom is 0.346 e. The molecule has 0 amide bonds. The van der Waals surface area contributed by atoms with Gasteiger partial charge < -0.3 is 10.4 Å². The number of likely N-dealkylation sites (N-methyl/N-ethyl adjacent to an activating group) is 1. The van der Waals surface area contributed by atoms with Gasteiger partial charge in [0.1, 0.15) is 4.88 Å². The Labute approximate surface area is 184 Å². The van der Waals surface area contributed by atoms with E-state index in [1.54, 1.807) is 0 Å². The van der Waals surface area contributed by atoms with E-state index in [0.29, 0.717) is 16.7 Å². The number of hydrogen-bond donors (Lipinski definition) is 2. The van der Waals surface area contributed by atoms with Crippen molar-refractivity contribution in [1.82, 2.24) is 10.2 Å². The molecule has 1 saturated carbocycles. The molecule has 1 aliphatic carbocycles. The predicted molar refractivity (Wildman–Crippen MR) is 124 cm³/mol. The van der Waals surface area contributed by atoms with Gasteiger partial charge in [0.25, 0.3) is 0 Å². The van der Waals surface area contributed by atoms with Crippen LogP contribution in [-0.2, 0) is 0 Å². The van der Waals surface area contributed by atoms with E-state index in [2.05, 4.69) is 35.0 Å². The summed E-state index contributed by atoms with van der Waals surface area (Å²) in [5.41, 5.74) is 3.73. The third kappa shape index (κ3) is 4.99. The van der Waals surface area contributed by atoms with Crippen LogP contribution in [0.2, 0.25) is 0 Å². The zero-order valence-corrected chi connectivity index (χ0v) is 19.0. The number of carbonyl (C=O) groups is 1. The lowest BCUT2D eigenvalue weighted by Gasteiger charge is -2.36. The fourth-order valence-electron chi connectivity index (χ4n) is 5.23. The highest BCUT2D eigenvalue weighted by Crippen LogP contribution is 2.39. The molecular weight excluding hydrogens is 392 g/mol. The molecule has 2 N–H and O–H groups in total. The Morgan fingerprint density at radius 1 is 1.23 bits per heavy atom. The molecule has 3 heterocycles. The second kappa shape index (κ2) is 10.1. The number of nitrogens with one attached hydrogen (secondary N) is 1. The van der Waals surface area contributed by atoms with Gasteiger partial charge in [0.05, 0.1) is 4.88 Å². The average molecular weight is 427 g/mol. The highest BCUT2D eigenvalue weighted by atomic mass is 32.1. The second-order valence-corrected chi connectivity index (χ2v) is 9.96. The molecule has 0 unspecified atom stereocenters. The van der Waals surface area contributed by atoms with Crippen LogP contribution in [0.4, 0.5) is 0 Å². The van der Waals surface area contributed by atoms with Crippen LogP contribution in [0.3, 0.4) is 0 Å². The van der Waals surface area contributed by atoms with Crippen LogP contribution in [0.1, 0.15) is 78.4 Å². The monoisotopic (exact) mass is 426 g/mol. The molecule has 5 heteroatoms. The van der Waals surface area contributed by atoms with Crippen molar-refractivity contribution in [3.05, 3.63) is 27.0 Å². The first kappa shape index (κ1) is 21.6. The van der Waals surface area contributed by atoms with Gasteiger partial charge in [-0.05, 0) is 74.9 Å². The van der Waals surface area contributed by atoms with Crippen LogP contribution in [0.15, 0.2) is 11.6 Å². The SMILES string of the molecule is CCN1CCC(c2cc(C#CC3CCCCC3)sc2C(=O)O)=C(C2CCNCC2)C1. The van der Waals surface area contributed by atoms with E-state index < -0.39 is 5.97 Å². The fraction of sp³-hybridized carbons (Fsp3) is 0.640. The number of rotatable bonds is 4. The quantitative estimate of drug-likeness (QED) is 0.676. The number of piperidine rings is 1. The van der Waals surface area contributed by atoms with Crippen LogP contribution < -0.4 is 5.32 Å². The van der Waals surface area contributed by atoms with Crippen molar-refractivity contribution < 1.29 is 9.90 Å². The van der Waals surface area contributed by atoms with Gasteiger partial charge in [-0.1, -0.05) is 38.0 Å². The van der Waals surface area contributed by atoms with Crippen LogP contribution in [0.25, 0.3) is 5.57 Å². The molecule has 1 aromatic rings. The first-order valence-electron chi connectivity index (χ1n) is 11.7. The van der Waals surface area contributed by atoms with Gasteiger partial charge in [-0.2, -0.15) is 0 Å². The van der Waals surface area contributed by atoms with Crippen molar-refractivity contribution in [3.63, 3.8) is 0 Å². The summed E-state index contributed by atoms with van der Waals surface area (Å²) in [6, 6.07) is 2.09. The molecule has 2 fully saturated rings. The van der Waals surface area contributed by atoms with Crippen LogP contribution in [0, 0.1) is 23.7 Å². The van der Waals surface area contributed by atoms with Gasteiger partial charge in [-0.25, -0.2) is 4.79 Å². The summed E-state index contributed by atoms with van der Waals surface area (Å²) in [6.07, 6.45) is 9.50. The number of carboxylic acid groups (broad SMARTS) is 1. The lowest BCUT2D eigenvalue weighted by atomic mass is 9.81. The number of thiophene rings is 1. The third-order valence-electron chi connectivity index (χ3n) is 6.99. The summed E-state index contributed by atoms with van der Waals surface area (Å²) >= 11 is 1.37. The van der Waals surface area contributed by atoms with Crippen molar-refractivity contribution in [1.29, 1.82) is 0 Å². The Hall–Kier alpha value is -1.61. The minimum Gasteiger partial charge on any atom is -0.477 e.